The Labute approximate surface area is 186 Å². The van der Waals surface area contributed by atoms with Gasteiger partial charge in [0.15, 0.2) is 0 Å². The third-order valence-corrected chi connectivity index (χ3v) is 6.90. The van der Waals surface area contributed by atoms with Crippen LogP contribution in [0, 0.1) is 0 Å². The first-order valence-electron chi connectivity index (χ1n) is 10.7. The minimum absolute atomic E-state index is 0.0194. The maximum Gasteiger partial charge on any atom is 0.273 e. The van der Waals surface area contributed by atoms with E-state index in [9.17, 15) is 14.7 Å². The lowest BCUT2D eigenvalue weighted by Crippen LogP contribution is -2.68. The fourth-order valence-electron chi connectivity index (χ4n) is 5.37. The Hall–Kier alpha value is -3.39. The highest BCUT2D eigenvalue weighted by molar-refractivity contribution is 5.95. The Morgan fingerprint density at radius 2 is 2.00 bits per heavy atom. The molecule has 2 aromatic heterocycles. The van der Waals surface area contributed by atoms with Crippen LogP contribution in [-0.2, 0) is 17.3 Å². The minimum atomic E-state index is -0.514. The summed E-state index contributed by atoms with van der Waals surface area (Å²) in [6, 6.07) is 10.7. The summed E-state index contributed by atoms with van der Waals surface area (Å²) in [6.07, 6.45) is 1.59. The molecule has 0 bridgehead atoms. The number of ether oxygens (including phenoxy) is 1. The maximum atomic E-state index is 13.5. The number of aliphatic hydroxyl groups excluding tert-OH is 1. The summed E-state index contributed by atoms with van der Waals surface area (Å²) in [6.45, 7) is 2.84. The van der Waals surface area contributed by atoms with Gasteiger partial charge in [-0.15, -0.1) is 0 Å². The number of amides is 2. The van der Waals surface area contributed by atoms with Gasteiger partial charge in [0.05, 0.1) is 30.7 Å². The Bertz CT molecular complexity index is 1210. The van der Waals surface area contributed by atoms with E-state index in [2.05, 4.69) is 4.98 Å². The number of likely N-dealkylation sites (tertiary alicyclic amines) is 1. The zero-order chi connectivity index (χ0) is 22.6. The van der Waals surface area contributed by atoms with Gasteiger partial charge in [-0.1, -0.05) is 6.07 Å². The van der Waals surface area contributed by atoms with Crippen molar-refractivity contribution < 1.29 is 19.4 Å². The van der Waals surface area contributed by atoms with Crippen LogP contribution in [0.3, 0.4) is 0 Å². The second kappa shape index (κ2) is 7.34. The molecule has 0 aliphatic carbocycles. The molecule has 2 aliphatic heterocycles. The normalized spacial score (nSPS) is 19.1. The quantitative estimate of drug-likeness (QED) is 0.680. The van der Waals surface area contributed by atoms with Crippen LogP contribution in [-0.4, -0.2) is 69.6 Å². The van der Waals surface area contributed by atoms with Crippen molar-refractivity contribution in [2.24, 2.45) is 7.05 Å². The van der Waals surface area contributed by atoms with E-state index >= 15 is 0 Å². The number of aliphatic hydroxyl groups is 1. The number of rotatable bonds is 3. The summed E-state index contributed by atoms with van der Waals surface area (Å²) >= 11 is 0. The summed E-state index contributed by atoms with van der Waals surface area (Å²) < 4.78 is 7.48. The zero-order valence-corrected chi connectivity index (χ0v) is 18.4. The van der Waals surface area contributed by atoms with Gasteiger partial charge in [0, 0.05) is 56.9 Å². The molecule has 8 heteroatoms. The van der Waals surface area contributed by atoms with Crippen LogP contribution < -0.4 is 4.74 Å². The highest BCUT2D eigenvalue weighted by Gasteiger charge is 2.55. The van der Waals surface area contributed by atoms with Crippen molar-refractivity contribution in [3.63, 3.8) is 0 Å². The van der Waals surface area contributed by atoms with Gasteiger partial charge in [-0.2, -0.15) is 0 Å². The van der Waals surface area contributed by atoms with Gasteiger partial charge >= 0.3 is 0 Å². The Balaban J connectivity index is 1.71. The summed E-state index contributed by atoms with van der Waals surface area (Å²) in [5.74, 6) is 0.537. The molecular formula is C24H26N4O4. The lowest BCUT2D eigenvalue weighted by molar-refractivity contribution is -0.137. The van der Waals surface area contributed by atoms with E-state index < -0.39 is 11.5 Å². The van der Waals surface area contributed by atoms with E-state index in [1.165, 1.54) is 0 Å². The molecule has 5 rings (SSSR count). The smallest absolute Gasteiger partial charge is 0.273 e. The minimum Gasteiger partial charge on any atom is -0.497 e. The standard InChI is InChI=1S/C24H26N4O4/c1-15(30)27-12-24(13-27)14-28(23(31)18-6-4-5-9-25-18)20(11-29)22-21(24)17-8-7-16(32-3)10-19(17)26(22)2/h4-10,20,29H,11-14H2,1-3H3/t20-/m0/s1. The summed E-state index contributed by atoms with van der Waals surface area (Å²) in [5.41, 5.74) is 2.92. The molecule has 2 amide bonds. The highest BCUT2D eigenvalue weighted by Crippen LogP contribution is 2.49. The molecule has 1 spiro atoms. The molecule has 0 saturated carbocycles. The van der Waals surface area contributed by atoms with Gasteiger partial charge < -0.3 is 24.2 Å². The number of carbonyl (C=O) groups is 2. The van der Waals surface area contributed by atoms with Crippen molar-refractivity contribution in [3.8, 4) is 5.75 Å². The second-order valence-electron chi connectivity index (χ2n) is 8.70. The average molecular weight is 434 g/mol. The first kappa shape index (κ1) is 20.5. The van der Waals surface area contributed by atoms with Crippen LogP contribution in [0.25, 0.3) is 10.9 Å². The number of fused-ring (bicyclic) bond motifs is 4. The second-order valence-corrected chi connectivity index (χ2v) is 8.70. The van der Waals surface area contributed by atoms with Crippen molar-refractivity contribution in [2.45, 2.75) is 18.4 Å². The average Bonchev–Trinajstić information content (AvgIpc) is 3.08. The number of nitrogens with zero attached hydrogens (tertiary/aromatic N) is 4. The van der Waals surface area contributed by atoms with E-state index in [4.69, 9.17) is 4.74 Å². The first-order valence-corrected chi connectivity index (χ1v) is 10.7. The van der Waals surface area contributed by atoms with E-state index in [-0.39, 0.29) is 18.4 Å². The number of hydrogen-bond acceptors (Lipinski definition) is 5. The number of aryl methyl sites for hydroxylation is 1. The molecule has 166 valence electrons. The predicted molar refractivity (Wildman–Crippen MR) is 119 cm³/mol. The first-order chi connectivity index (χ1) is 15.4. The van der Waals surface area contributed by atoms with Crippen molar-refractivity contribution >= 4 is 22.7 Å². The number of aromatic nitrogens is 2. The van der Waals surface area contributed by atoms with Crippen molar-refractivity contribution in [1.29, 1.82) is 0 Å². The number of carbonyl (C=O) groups excluding carboxylic acids is 2. The third kappa shape index (κ3) is 2.82. The molecule has 32 heavy (non-hydrogen) atoms. The van der Waals surface area contributed by atoms with Gasteiger partial charge in [-0.05, 0) is 29.8 Å². The Morgan fingerprint density at radius 3 is 2.62 bits per heavy atom. The number of pyridine rings is 1. The maximum absolute atomic E-state index is 13.5. The molecule has 0 radical (unpaired) electrons. The summed E-state index contributed by atoms with van der Waals surface area (Å²) in [4.78, 5) is 33.3. The number of methoxy groups -OCH3 is 1. The highest BCUT2D eigenvalue weighted by atomic mass is 16.5. The molecule has 8 nitrogen and oxygen atoms in total. The van der Waals surface area contributed by atoms with Gasteiger partial charge in [-0.3, -0.25) is 14.6 Å². The molecule has 4 heterocycles. The third-order valence-electron chi connectivity index (χ3n) is 6.90. The van der Waals surface area contributed by atoms with Gasteiger partial charge in [0.2, 0.25) is 5.91 Å². The van der Waals surface area contributed by atoms with Gasteiger partial charge in [0.1, 0.15) is 11.4 Å². The van der Waals surface area contributed by atoms with Crippen LogP contribution in [0.2, 0.25) is 0 Å². The molecule has 1 fully saturated rings. The molecule has 1 atom stereocenters. The lowest BCUT2D eigenvalue weighted by Gasteiger charge is -2.56. The van der Waals surface area contributed by atoms with Crippen LogP contribution in [0.1, 0.15) is 34.7 Å². The van der Waals surface area contributed by atoms with Crippen LogP contribution in [0.4, 0.5) is 0 Å². The fraction of sp³-hybridized carbons (Fsp3) is 0.375. The molecule has 1 aromatic carbocycles. The van der Waals surface area contributed by atoms with E-state index in [0.29, 0.717) is 25.3 Å². The molecule has 0 unspecified atom stereocenters. The molecule has 3 aromatic rings. The largest absolute Gasteiger partial charge is 0.497 e. The SMILES string of the molecule is COc1ccc2c3c(n(C)c2c1)[C@H](CO)N(C(=O)c1ccccn1)CC31CN(C(C)=O)C1. The fourth-order valence-corrected chi connectivity index (χ4v) is 5.37. The predicted octanol–water partition coefficient (Wildman–Crippen LogP) is 1.87. The summed E-state index contributed by atoms with van der Waals surface area (Å²) in [5, 5.41) is 11.5. The molecule has 1 N–H and O–H groups in total. The topological polar surface area (TPSA) is 87.9 Å². The van der Waals surface area contributed by atoms with Crippen molar-refractivity contribution in [1.82, 2.24) is 19.4 Å². The summed E-state index contributed by atoms with van der Waals surface area (Å²) in [7, 11) is 3.58. The van der Waals surface area contributed by atoms with Crippen LogP contribution in [0.5, 0.6) is 5.75 Å². The van der Waals surface area contributed by atoms with Crippen LogP contribution >= 0.6 is 0 Å². The van der Waals surface area contributed by atoms with E-state index in [0.717, 1.165) is 27.9 Å². The van der Waals surface area contributed by atoms with Gasteiger partial charge in [-0.25, -0.2) is 0 Å². The zero-order valence-electron chi connectivity index (χ0n) is 18.4. The van der Waals surface area contributed by atoms with Crippen molar-refractivity contribution in [3.05, 3.63) is 59.5 Å². The molecule has 2 aliphatic rings. The lowest BCUT2D eigenvalue weighted by atomic mass is 9.68. The molecule has 1 saturated heterocycles. The monoisotopic (exact) mass is 434 g/mol. The van der Waals surface area contributed by atoms with E-state index in [1.54, 1.807) is 48.2 Å². The molecular weight excluding hydrogens is 408 g/mol. The number of hydrogen-bond donors (Lipinski definition) is 1. The van der Waals surface area contributed by atoms with Crippen molar-refractivity contribution in [2.75, 3.05) is 33.4 Å². The van der Waals surface area contributed by atoms with Gasteiger partial charge in [0.25, 0.3) is 5.91 Å². The Kier molecular flexibility index (Phi) is 4.70. The van der Waals surface area contributed by atoms with E-state index in [1.807, 2.05) is 29.8 Å². The Morgan fingerprint density at radius 1 is 1.22 bits per heavy atom. The van der Waals surface area contributed by atoms with Crippen LogP contribution in [0.15, 0.2) is 42.6 Å². The number of benzene rings is 1.